The van der Waals surface area contributed by atoms with Gasteiger partial charge in [-0.15, -0.1) is 0 Å². The predicted octanol–water partition coefficient (Wildman–Crippen LogP) is 1.81. The van der Waals surface area contributed by atoms with Gasteiger partial charge < -0.3 is 9.80 Å². The second-order valence-electron chi connectivity index (χ2n) is 4.81. The maximum Gasteiger partial charge on any atom is 0.132 e. The lowest BCUT2D eigenvalue weighted by atomic mass is 10.1. The number of aromatic nitrogens is 2. The summed E-state index contributed by atoms with van der Waals surface area (Å²) in [5.74, 6) is 0.527. The average Bonchev–Trinajstić information content (AvgIpc) is 2.56. The topological polar surface area (TPSA) is 56.1 Å². The number of benzene rings is 1. The Balaban J connectivity index is 1.73. The number of anilines is 2. The summed E-state index contributed by atoms with van der Waals surface area (Å²) in [6.07, 6.45) is 3.26. The zero-order chi connectivity index (χ0) is 14.7. The summed E-state index contributed by atoms with van der Waals surface area (Å²) in [6.45, 7) is 3.15. The highest BCUT2D eigenvalue weighted by molar-refractivity contribution is 5.60. The van der Waals surface area contributed by atoms with E-state index in [1.54, 1.807) is 12.3 Å². The molecule has 2 heterocycles. The third-order valence-electron chi connectivity index (χ3n) is 3.59. The van der Waals surface area contributed by atoms with Gasteiger partial charge in [-0.05, 0) is 24.3 Å². The Bertz CT molecular complexity index is 660. The number of halogens is 1. The average molecular weight is 283 g/mol. The van der Waals surface area contributed by atoms with Crippen LogP contribution in [-0.4, -0.2) is 36.1 Å². The van der Waals surface area contributed by atoms with Crippen LogP contribution in [0.2, 0.25) is 0 Å². The summed E-state index contributed by atoms with van der Waals surface area (Å²) in [5.41, 5.74) is 1.17. The normalized spacial score (nSPS) is 14.9. The summed E-state index contributed by atoms with van der Waals surface area (Å²) >= 11 is 0. The van der Waals surface area contributed by atoms with Crippen molar-refractivity contribution < 1.29 is 4.39 Å². The molecular weight excluding hydrogens is 269 g/mol. The van der Waals surface area contributed by atoms with Gasteiger partial charge >= 0.3 is 0 Å². The molecule has 0 bridgehead atoms. The first-order valence-corrected chi connectivity index (χ1v) is 6.73. The first kappa shape index (κ1) is 13.3. The first-order valence-electron chi connectivity index (χ1n) is 6.73. The minimum Gasteiger partial charge on any atom is -0.367 e. The van der Waals surface area contributed by atoms with E-state index in [9.17, 15) is 4.39 Å². The lowest BCUT2D eigenvalue weighted by molar-refractivity contribution is 0.623. The zero-order valence-electron chi connectivity index (χ0n) is 11.4. The quantitative estimate of drug-likeness (QED) is 0.841. The number of rotatable bonds is 2. The SMILES string of the molecule is N#Cc1cc(F)ccc1N1CCN(c2ccncn2)CC1. The van der Waals surface area contributed by atoms with Crippen LogP contribution in [0.1, 0.15) is 5.56 Å². The van der Waals surface area contributed by atoms with Crippen molar-refractivity contribution in [1.29, 1.82) is 5.26 Å². The Morgan fingerprint density at radius 3 is 2.52 bits per heavy atom. The summed E-state index contributed by atoms with van der Waals surface area (Å²) in [5, 5.41) is 9.13. The number of hydrogen-bond donors (Lipinski definition) is 0. The van der Waals surface area contributed by atoms with E-state index >= 15 is 0 Å². The van der Waals surface area contributed by atoms with E-state index in [0.29, 0.717) is 5.56 Å². The lowest BCUT2D eigenvalue weighted by Gasteiger charge is -2.37. The molecule has 106 valence electrons. The van der Waals surface area contributed by atoms with Crippen LogP contribution in [0.5, 0.6) is 0 Å². The predicted molar refractivity (Wildman–Crippen MR) is 77.6 cm³/mol. The number of hydrogen-bond acceptors (Lipinski definition) is 5. The fraction of sp³-hybridized carbons (Fsp3) is 0.267. The molecular formula is C15H14FN5. The lowest BCUT2D eigenvalue weighted by Crippen LogP contribution is -2.47. The van der Waals surface area contributed by atoms with E-state index in [1.807, 2.05) is 6.07 Å². The number of nitriles is 1. The van der Waals surface area contributed by atoms with Crippen molar-refractivity contribution in [3.05, 3.63) is 48.2 Å². The maximum absolute atomic E-state index is 13.2. The van der Waals surface area contributed by atoms with Crippen LogP contribution in [0.4, 0.5) is 15.9 Å². The fourth-order valence-corrected chi connectivity index (χ4v) is 2.52. The summed E-state index contributed by atoms with van der Waals surface area (Å²) in [7, 11) is 0. The molecule has 3 rings (SSSR count). The molecule has 0 spiro atoms. The van der Waals surface area contributed by atoms with Crippen LogP contribution in [0.25, 0.3) is 0 Å². The van der Waals surface area contributed by atoms with Gasteiger partial charge in [0.2, 0.25) is 0 Å². The molecule has 0 N–H and O–H groups in total. The van der Waals surface area contributed by atoms with Crippen molar-refractivity contribution in [2.24, 2.45) is 0 Å². The highest BCUT2D eigenvalue weighted by Gasteiger charge is 2.20. The summed E-state index contributed by atoms with van der Waals surface area (Å²) in [4.78, 5) is 12.4. The van der Waals surface area contributed by atoms with Gasteiger partial charge in [-0.3, -0.25) is 0 Å². The van der Waals surface area contributed by atoms with Crippen molar-refractivity contribution in [3.8, 4) is 6.07 Å². The molecule has 1 saturated heterocycles. The Labute approximate surface area is 122 Å². The minimum absolute atomic E-state index is 0.380. The fourth-order valence-electron chi connectivity index (χ4n) is 2.52. The van der Waals surface area contributed by atoms with Gasteiger partial charge in [0.25, 0.3) is 0 Å². The Hall–Kier alpha value is -2.68. The maximum atomic E-state index is 13.2. The molecule has 6 heteroatoms. The van der Waals surface area contributed by atoms with Crippen LogP contribution in [0.3, 0.4) is 0 Å². The van der Waals surface area contributed by atoms with Crippen LogP contribution in [0.15, 0.2) is 36.8 Å². The second kappa shape index (κ2) is 5.75. The molecule has 0 atom stereocenters. The Kier molecular flexibility index (Phi) is 3.65. The smallest absolute Gasteiger partial charge is 0.132 e. The number of piperazine rings is 1. The molecule has 1 aromatic carbocycles. The highest BCUT2D eigenvalue weighted by atomic mass is 19.1. The van der Waals surface area contributed by atoms with E-state index in [4.69, 9.17) is 5.26 Å². The molecule has 1 aromatic heterocycles. The van der Waals surface area contributed by atoms with Crippen molar-refractivity contribution in [1.82, 2.24) is 9.97 Å². The van der Waals surface area contributed by atoms with Gasteiger partial charge in [-0.2, -0.15) is 5.26 Å². The van der Waals surface area contributed by atoms with E-state index in [1.165, 1.54) is 18.5 Å². The summed E-state index contributed by atoms with van der Waals surface area (Å²) in [6, 6.07) is 8.30. The molecule has 0 unspecified atom stereocenters. The minimum atomic E-state index is -0.380. The van der Waals surface area contributed by atoms with Crippen LogP contribution in [-0.2, 0) is 0 Å². The largest absolute Gasteiger partial charge is 0.367 e. The van der Waals surface area contributed by atoms with Gasteiger partial charge in [0.1, 0.15) is 24.0 Å². The van der Waals surface area contributed by atoms with Crippen molar-refractivity contribution >= 4 is 11.5 Å². The number of nitrogens with zero attached hydrogens (tertiary/aromatic N) is 5. The second-order valence-corrected chi connectivity index (χ2v) is 4.81. The molecule has 2 aromatic rings. The van der Waals surface area contributed by atoms with E-state index in [0.717, 1.165) is 37.7 Å². The van der Waals surface area contributed by atoms with Crippen LogP contribution < -0.4 is 9.80 Å². The van der Waals surface area contributed by atoms with Gasteiger partial charge in [0.15, 0.2) is 0 Å². The van der Waals surface area contributed by atoms with Gasteiger partial charge in [-0.25, -0.2) is 14.4 Å². The Morgan fingerprint density at radius 1 is 1.10 bits per heavy atom. The van der Waals surface area contributed by atoms with E-state index in [2.05, 4.69) is 25.8 Å². The third-order valence-corrected chi connectivity index (χ3v) is 3.59. The van der Waals surface area contributed by atoms with E-state index in [-0.39, 0.29) is 5.82 Å². The molecule has 5 nitrogen and oxygen atoms in total. The molecule has 1 aliphatic rings. The van der Waals surface area contributed by atoms with E-state index < -0.39 is 0 Å². The van der Waals surface area contributed by atoms with Crippen molar-refractivity contribution in [2.45, 2.75) is 0 Å². The monoisotopic (exact) mass is 283 g/mol. The van der Waals surface area contributed by atoms with Crippen LogP contribution in [0, 0.1) is 17.1 Å². The zero-order valence-corrected chi connectivity index (χ0v) is 11.4. The molecule has 0 radical (unpaired) electrons. The van der Waals surface area contributed by atoms with Gasteiger partial charge in [0, 0.05) is 32.4 Å². The van der Waals surface area contributed by atoms with Crippen molar-refractivity contribution in [2.75, 3.05) is 36.0 Å². The third kappa shape index (κ3) is 2.77. The van der Waals surface area contributed by atoms with Crippen molar-refractivity contribution in [3.63, 3.8) is 0 Å². The van der Waals surface area contributed by atoms with Gasteiger partial charge in [-0.1, -0.05) is 0 Å². The molecule has 1 aliphatic heterocycles. The highest BCUT2D eigenvalue weighted by Crippen LogP contribution is 2.23. The molecule has 21 heavy (non-hydrogen) atoms. The summed E-state index contributed by atoms with van der Waals surface area (Å²) < 4.78 is 13.2. The Morgan fingerprint density at radius 2 is 1.86 bits per heavy atom. The molecule has 1 fully saturated rings. The van der Waals surface area contributed by atoms with Gasteiger partial charge in [0.05, 0.1) is 11.3 Å². The molecule has 0 amide bonds. The molecule has 0 saturated carbocycles. The first-order chi connectivity index (χ1) is 10.3. The molecule has 0 aliphatic carbocycles. The standard InChI is InChI=1S/C15H14FN5/c16-13-1-2-14(12(9-13)10-17)20-5-7-21(8-6-20)15-3-4-18-11-19-15/h1-4,9,11H,5-8H2. The van der Waals surface area contributed by atoms with Crippen LogP contribution >= 0.6 is 0 Å².